The molecule has 0 fully saturated rings. The van der Waals surface area contributed by atoms with Crippen LogP contribution in [0.3, 0.4) is 0 Å². The molecule has 5 nitrogen and oxygen atoms in total. The molecule has 106 valence electrons. The number of para-hydroxylation sites is 1. The van der Waals surface area contributed by atoms with Gasteiger partial charge in [0.15, 0.2) is 5.82 Å². The predicted molar refractivity (Wildman–Crippen MR) is 86.9 cm³/mol. The van der Waals surface area contributed by atoms with E-state index in [0.717, 1.165) is 22.6 Å². The van der Waals surface area contributed by atoms with Gasteiger partial charge in [-0.2, -0.15) is 5.10 Å². The second-order valence-corrected chi connectivity index (χ2v) is 4.84. The fourth-order valence-electron chi connectivity index (χ4n) is 2.07. The molecule has 3 rings (SSSR count). The van der Waals surface area contributed by atoms with E-state index in [2.05, 4.69) is 40.1 Å². The smallest absolute Gasteiger partial charge is 0.171 e. The van der Waals surface area contributed by atoms with Crippen LogP contribution in [0.1, 0.15) is 5.56 Å². The zero-order valence-corrected chi connectivity index (χ0v) is 11.7. The summed E-state index contributed by atoms with van der Waals surface area (Å²) >= 11 is 0. The number of nitrogens with two attached hydrogens (primary N) is 1. The highest BCUT2D eigenvalue weighted by Crippen LogP contribution is 2.30. The molecule has 1 aromatic heterocycles. The Balaban J connectivity index is 1.85. The van der Waals surface area contributed by atoms with Crippen molar-refractivity contribution in [1.82, 2.24) is 10.2 Å². The molecule has 2 aromatic carbocycles. The average Bonchev–Trinajstić information content (AvgIpc) is 2.88. The highest BCUT2D eigenvalue weighted by Gasteiger charge is 2.12. The predicted octanol–water partition coefficient (Wildman–Crippen LogP) is 3.41. The summed E-state index contributed by atoms with van der Waals surface area (Å²) in [6.45, 7) is 2.06. The van der Waals surface area contributed by atoms with Gasteiger partial charge in [-0.1, -0.05) is 48.0 Å². The lowest BCUT2D eigenvalue weighted by Crippen LogP contribution is -2.10. The number of aryl methyl sites for hydroxylation is 1. The summed E-state index contributed by atoms with van der Waals surface area (Å²) in [4.78, 5) is 0. The fraction of sp³-hybridized carbons (Fsp3) is 0.0625. The maximum Gasteiger partial charge on any atom is 0.171 e. The molecule has 0 saturated heterocycles. The highest BCUT2D eigenvalue weighted by molar-refractivity contribution is 5.82. The van der Waals surface area contributed by atoms with Crippen molar-refractivity contribution in [3.05, 3.63) is 60.2 Å². The third kappa shape index (κ3) is 2.81. The first-order valence-corrected chi connectivity index (χ1v) is 6.72. The summed E-state index contributed by atoms with van der Waals surface area (Å²) < 4.78 is 0. The number of hydrazine groups is 1. The van der Waals surface area contributed by atoms with E-state index in [1.165, 1.54) is 5.56 Å². The van der Waals surface area contributed by atoms with Crippen molar-refractivity contribution in [3.8, 4) is 11.3 Å². The molecule has 0 saturated carbocycles. The zero-order chi connectivity index (χ0) is 14.7. The van der Waals surface area contributed by atoms with Gasteiger partial charge in [-0.3, -0.25) is 10.5 Å². The Bertz CT molecular complexity index is 716. The van der Waals surface area contributed by atoms with E-state index in [1.807, 2.05) is 42.5 Å². The van der Waals surface area contributed by atoms with Crippen LogP contribution in [0.2, 0.25) is 0 Å². The summed E-state index contributed by atoms with van der Waals surface area (Å²) in [6, 6.07) is 18.0. The number of nitrogen functional groups attached to an aromatic ring is 1. The summed E-state index contributed by atoms with van der Waals surface area (Å²) in [5, 5.41) is 7.05. The lowest BCUT2D eigenvalue weighted by Gasteiger charge is -2.10. The molecule has 1 heterocycles. The number of nitrogens with one attached hydrogen (secondary N) is 3. The summed E-state index contributed by atoms with van der Waals surface area (Å²) in [7, 11) is 0. The van der Waals surface area contributed by atoms with Crippen LogP contribution < -0.4 is 16.6 Å². The van der Waals surface area contributed by atoms with Crippen LogP contribution in [0, 0.1) is 6.92 Å². The fourth-order valence-corrected chi connectivity index (χ4v) is 2.07. The van der Waals surface area contributed by atoms with Crippen LogP contribution in [0.4, 0.5) is 17.2 Å². The summed E-state index contributed by atoms with van der Waals surface area (Å²) in [5.41, 5.74) is 17.0. The Kier molecular flexibility index (Phi) is 3.47. The minimum Gasteiger partial charge on any atom is -0.380 e. The quantitative estimate of drug-likeness (QED) is 0.552. The lowest BCUT2D eigenvalue weighted by atomic mass is 10.1. The topological polar surface area (TPSA) is 78.8 Å². The van der Waals surface area contributed by atoms with Gasteiger partial charge in [-0.25, -0.2) is 0 Å². The van der Waals surface area contributed by atoms with Gasteiger partial charge >= 0.3 is 0 Å². The number of rotatable bonds is 4. The van der Waals surface area contributed by atoms with Crippen LogP contribution in [-0.4, -0.2) is 10.2 Å². The SMILES string of the molecule is Cc1ccc(-c2[nH]nc(N)c2NNc2ccccc2)cc1. The first-order valence-electron chi connectivity index (χ1n) is 6.72. The van der Waals surface area contributed by atoms with Gasteiger partial charge in [0.1, 0.15) is 5.69 Å². The third-order valence-corrected chi connectivity index (χ3v) is 3.24. The minimum atomic E-state index is 0.425. The van der Waals surface area contributed by atoms with Crippen LogP contribution in [0.25, 0.3) is 11.3 Å². The third-order valence-electron chi connectivity index (χ3n) is 3.24. The Morgan fingerprint density at radius 2 is 1.67 bits per heavy atom. The van der Waals surface area contributed by atoms with Crippen molar-refractivity contribution < 1.29 is 0 Å². The molecule has 0 radical (unpaired) electrons. The van der Waals surface area contributed by atoms with E-state index in [4.69, 9.17) is 5.73 Å². The minimum absolute atomic E-state index is 0.425. The van der Waals surface area contributed by atoms with Gasteiger partial charge in [0, 0.05) is 5.56 Å². The summed E-state index contributed by atoms with van der Waals surface area (Å²) in [5.74, 6) is 0.425. The first kappa shape index (κ1) is 13.1. The van der Waals surface area contributed by atoms with Crippen LogP contribution in [0.5, 0.6) is 0 Å². The maximum absolute atomic E-state index is 5.93. The molecule has 5 heteroatoms. The van der Waals surface area contributed by atoms with E-state index in [9.17, 15) is 0 Å². The monoisotopic (exact) mass is 279 g/mol. The second kappa shape index (κ2) is 5.58. The van der Waals surface area contributed by atoms with Gasteiger partial charge in [0.25, 0.3) is 0 Å². The number of H-pyrrole nitrogens is 1. The van der Waals surface area contributed by atoms with Gasteiger partial charge in [-0.15, -0.1) is 0 Å². The number of aromatic amines is 1. The Hall–Kier alpha value is -2.95. The molecule has 0 bridgehead atoms. The highest BCUT2D eigenvalue weighted by atomic mass is 15.4. The van der Waals surface area contributed by atoms with E-state index in [0.29, 0.717) is 5.82 Å². The van der Waals surface area contributed by atoms with E-state index < -0.39 is 0 Å². The molecule has 0 atom stereocenters. The number of anilines is 3. The standard InChI is InChI=1S/C16H17N5/c1-11-7-9-12(10-8-11)14-15(16(17)21-19-14)20-18-13-5-3-2-4-6-13/h2-10,18,20H,1H3,(H3,17,19,21). The van der Waals surface area contributed by atoms with Crippen molar-refractivity contribution in [3.63, 3.8) is 0 Å². The Morgan fingerprint density at radius 3 is 2.38 bits per heavy atom. The number of nitrogens with zero attached hydrogens (tertiary/aromatic N) is 1. The van der Waals surface area contributed by atoms with E-state index in [1.54, 1.807) is 0 Å². The average molecular weight is 279 g/mol. The van der Waals surface area contributed by atoms with Crippen molar-refractivity contribution in [2.45, 2.75) is 6.92 Å². The van der Waals surface area contributed by atoms with Gasteiger partial charge < -0.3 is 11.2 Å². The molecule has 0 aliphatic rings. The molecule has 21 heavy (non-hydrogen) atoms. The van der Waals surface area contributed by atoms with E-state index in [-0.39, 0.29) is 0 Å². The molecule has 5 N–H and O–H groups in total. The molecule has 0 amide bonds. The molecule has 3 aromatic rings. The molecule has 0 aliphatic heterocycles. The van der Waals surface area contributed by atoms with Crippen molar-refractivity contribution in [2.75, 3.05) is 16.6 Å². The molecule has 0 spiro atoms. The second-order valence-electron chi connectivity index (χ2n) is 4.84. The molecule has 0 unspecified atom stereocenters. The first-order chi connectivity index (χ1) is 10.2. The van der Waals surface area contributed by atoms with Crippen molar-refractivity contribution in [2.24, 2.45) is 0 Å². The lowest BCUT2D eigenvalue weighted by molar-refractivity contribution is 1.10. The Morgan fingerprint density at radius 1 is 0.952 bits per heavy atom. The zero-order valence-electron chi connectivity index (χ0n) is 11.7. The Labute approximate surface area is 123 Å². The number of hydrogen-bond acceptors (Lipinski definition) is 4. The normalized spacial score (nSPS) is 10.3. The molecular weight excluding hydrogens is 262 g/mol. The van der Waals surface area contributed by atoms with Crippen LogP contribution in [0.15, 0.2) is 54.6 Å². The largest absolute Gasteiger partial charge is 0.380 e. The number of hydrogen-bond donors (Lipinski definition) is 4. The molecular formula is C16H17N5. The van der Waals surface area contributed by atoms with Crippen molar-refractivity contribution in [1.29, 1.82) is 0 Å². The van der Waals surface area contributed by atoms with E-state index >= 15 is 0 Å². The van der Waals surface area contributed by atoms with Gasteiger partial charge in [-0.05, 0) is 19.1 Å². The van der Waals surface area contributed by atoms with Crippen molar-refractivity contribution >= 4 is 17.2 Å². The molecule has 0 aliphatic carbocycles. The number of benzene rings is 2. The van der Waals surface area contributed by atoms with Gasteiger partial charge in [0.2, 0.25) is 0 Å². The van der Waals surface area contributed by atoms with Crippen LogP contribution in [-0.2, 0) is 0 Å². The number of aromatic nitrogens is 2. The van der Waals surface area contributed by atoms with Crippen LogP contribution >= 0.6 is 0 Å². The summed E-state index contributed by atoms with van der Waals surface area (Å²) in [6.07, 6.45) is 0. The maximum atomic E-state index is 5.93. The van der Waals surface area contributed by atoms with Gasteiger partial charge in [0.05, 0.1) is 11.4 Å².